The van der Waals surface area contributed by atoms with Crippen molar-refractivity contribution < 1.29 is 15.1 Å². The number of carbonyl (C=O) groups is 1. The van der Waals surface area contributed by atoms with Gasteiger partial charge in [-0.25, -0.2) is 9.78 Å². The van der Waals surface area contributed by atoms with E-state index in [-0.39, 0.29) is 11.7 Å². The molecule has 0 fully saturated rings. The highest BCUT2D eigenvalue weighted by Crippen LogP contribution is 2.05. The third-order valence-corrected chi connectivity index (χ3v) is 1.40. The Morgan fingerprint density at radius 1 is 1.64 bits per heavy atom. The quantitative estimate of drug-likeness (QED) is 0.234. The molecule has 0 atom stereocenters. The monoisotopic (exact) mass is 196 g/mol. The average Bonchev–Trinajstić information content (AvgIpc) is 2.16. The summed E-state index contributed by atoms with van der Waals surface area (Å²) in [6.45, 7) is 0. The van der Waals surface area contributed by atoms with Crippen LogP contribution in [0.2, 0.25) is 0 Å². The van der Waals surface area contributed by atoms with E-state index in [4.69, 9.17) is 16.0 Å². The maximum atomic E-state index is 10.3. The number of carboxylic acid groups (broad SMARTS) is 1. The molecule has 1 aromatic rings. The van der Waals surface area contributed by atoms with Crippen LogP contribution in [-0.2, 0) is 0 Å². The summed E-state index contributed by atoms with van der Waals surface area (Å²) in [5, 5.41) is 21.6. The molecule has 1 heterocycles. The molecule has 5 N–H and O–H groups in total. The van der Waals surface area contributed by atoms with Crippen LogP contribution in [0.3, 0.4) is 0 Å². The summed E-state index contributed by atoms with van der Waals surface area (Å²) in [5.41, 5.74) is 5.67. The molecule has 0 spiro atoms. The van der Waals surface area contributed by atoms with E-state index in [0.29, 0.717) is 5.56 Å². The Bertz CT molecular complexity index is 377. The Kier molecular flexibility index (Phi) is 2.85. The van der Waals surface area contributed by atoms with Gasteiger partial charge in [-0.1, -0.05) is 5.16 Å². The Morgan fingerprint density at radius 2 is 2.36 bits per heavy atom. The molecule has 0 saturated carbocycles. The summed E-state index contributed by atoms with van der Waals surface area (Å²) in [6, 6.07) is 2.84. The van der Waals surface area contributed by atoms with E-state index >= 15 is 0 Å². The fraction of sp³-hybridized carbons (Fsp3) is 0. The second-order valence-electron chi connectivity index (χ2n) is 2.35. The number of anilines is 1. The number of amides is 1. The van der Waals surface area contributed by atoms with Gasteiger partial charge in [0.15, 0.2) is 5.84 Å². The first kappa shape index (κ1) is 9.78. The standard InChI is InChI=1S/C7H8N4O3/c8-6(11-14)4-1-2-9-5(3-4)10-7(12)13/h1-3,14H,(H2,8,11)(H,9,10)(H,12,13). The minimum absolute atomic E-state index is 0.110. The van der Waals surface area contributed by atoms with Gasteiger partial charge in [0.05, 0.1) is 0 Å². The van der Waals surface area contributed by atoms with Gasteiger partial charge in [-0.3, -0.25) is 5.32 Å². The number of aromatic nitrogens is 1. The Morgan fingerprint density at radius 3 is 2.93 bits per heavy atom. The number of nitrogens with zero attached hydrogens (tertiary/aromatic N) is 2. The lowest BCUT2D eigenvalue weighted by molar-refractivity contribution is 0.209. The Balaban J connectivity index is 2.95. The number of oxime groups is 1. The van der Waals surface area contributed by atoms with Gasteiger partial charge in [0.25, 0.3) is 0 Å². The van der Waals surface area contributed by atoms with Crippen molar-refractivity contribution in [1.29, 1.82) is 0 Å². The molecule has 0 unspecified atom stereocenters. The van der Waals surface area contributed by atoms with Crippen molar-refractivity contribution in [2.75, 3.05) is 5.32 Å². The van der Waals surface area contributed by atoms with E-state index in [1.54, 1.807) is 0 Å². The lowest BCUT2D eigenvalue weighted by Crippen LogP contribution is -2.15. The van der Waals surface area contributed by atoms with Crippen molar-refractivity contribution in [2.24, 2.45) is 10.9 Å². The fourth-order valence-electron chi connectivity index (χ4n) is 0.826. The Labute approximate surface area is 78.9 Å². The zero-order chi connectivity index (χ0) is 10.6. The van der Waals surface area contributed by atoms with Crippen LogP contribution in [0.15, 0.2) is 23.5 Å². The molecule has 1 rings (SSSR count). The summed E-state index contributed by atoms with van der Waals surface area (Å²) in [5.74, 6) is 0.00226. The van der Waals surface area contributed by atoms with Crippen molar-refractivity contribution in [3.05, 3.63) is 23.9 Å². The maximum absolute atomic E-state index is 10.3. The smallest absolute Gasteiger partial charge is 0.410 e. The highest BCUT2D eigenvalue weighted by atomic mass is 16.4. The summed E-state index contributed by atoms with van der Waals surface area (Å²) < 4.78 is 0. The fourth-order valence-corrected chi connectivity index (χ4v) is 0.826. The molecule has 0 radical (unpaired) electrons. The minimum atomic E-state index is -1.23. The predicted octanol–water partition coefficient (Wildman–Crippen LogP) is 0.266. The van der Waals surface area contributed by atoms with Crippen LogP contribution in [0.4, 0.5) is 10.6 Å². The Hall–Kier alpha value is -2.31. The molecule has 0 aliphatic heterocycles. The van der Waals surface area contributed by atoms with Gasteiger partial charge < -0.3 is 16.0 Å². The van der Waals surface area contributed by atoms with E-state index in [9.17, 15) is 4.79 Å². The first-order valence-electron chi connectivity index (χ1n) is 3.57. The number of rotatable bonds is 2. The first-order valence-corrected chi connectivity index (χ1v) is 3.57. The van der Waals surface area contributed by atoms with E-state index in [2.05, 4.69) is 10.1 Å². The topological polar surface area (TPSA) is 121 Å². The largest absolute Gasteiger partial charge is 0.465 e. The molecule has 14 heavy (non-hydrogen) atoms. The second-order valence-corrected chi connectivity index (χ2v) is 2.35. The molecular formula is C7H8N4O3. The van der Waals surface area contributed by atoms with E-state index < -0.39 is 6.09 Å². The van der Waals surface area contributed by atoms with Crippen molar-refractivity contribution in [3.8, 4) is 0 Å². The molecule has 0 aliphatic carbocycles. The summed E-state index contributed by atoms with van der Waals surface area (Å²) >= 11 is 0. The SMILES string of the molecule is N/C(=N/O)c1ccnc(NC(=O)O)c1. The van der Waals surface area contributed by atoms with Gasteiger partial charge in [-0.05, 0) is 12.1 Å². The van der Waals surface area contributed by atoms with Crippen LogP contribution in [-0.4, -0.2) is 27.2 Å². The molecule has 0 aliphatic rings. The lowest BCUT2D eigenvalue weighted by atomic mass is 10.2. The average molecular weight is 196 g/mol. The number of nitrogens with one attached hydrogen (secondary N) is 1. The molecule has 1 aromatic heterocycles. The lowest BCUT2D eigenvalue weighted by Gasteiger charge is -2.01. The summed E-state index contributed by atoms with van der Waals surface area (Å²) in [6.07, 6.45) is 0.118. The number of hydrogen-bond acceptors (Lipinski definition) is 4. The van der Waals surface area contributed by atoms with Crippen molar-refractivity contribution in [3.63, 3.8) is 0 Å². The number of nitrogens with two attached hydrogens (primary N) is 1. The first-order chi connectivity index (χ1) is 6.63. The van der Waals surface area contributed by atoms with Gasteiger partial charge in [-0.2, -0.15) is 0 Å². The maximum Gasteiger partial charge on any atom is 0.410 e. The molecule has 0 saturated heterocycles. The van der Waals surface area contributed by atoms with Gasteiger partial charge in [0.1, 0.15) is 5.82 Å². The predicted molar refractivity (Wildman–Crippen MR) is 48.4 cm³/mol. The number of amidine groups is 1. The molecule has 1 amide bonds. The normalized spacial score (nSPS) is 11.0. The van der Waals surface area contributed by atoms with Gasteiger partial charge in [0.2, 0.25) is 0 Å². The summed E-state index contributed by atoms with van der Waals surface area (Å²) in [7, 11) is 0. The third-order valence-electron chi connectivity index (χ3n) is 1.40. The van der Waals surface area contributed by atoms with Gasteiger partial charge >= 0.3 is 6.09 Å². The number of pyridine rings is 1. The van der Waals surface area contributed by atoms with Crippen molar-refractivity contribution in [2.45, 2.75) is 0 Å². The zero-order valence-corrected chi connectivity index (χ0v) is 7.01. The van der Waals surface area contributed by atoms with Gasteiger partial charge in [0, 0.05) is 11.8 Å². The second kappa shape index (κ2) is 4.08. The third kappa shape index (κ3) is 2.34. The van der Waals surface area contributed by atoms with Crippen LogP contribution >= 0.6 is 0 Å². The van der Waals surface area contributed by atoms with Crippen molar-refractivity contribution >= 4 is 17.7 Å². The highest BCUT2D eigenvalue weighted by Gasteiger charge is 2.03. The minimum Gasteiger partial charge on any atom is -0.465 e. The van der Waals surface area contributed by atoms with E-state index in [1.807, 2.05) is 5.32 Å². The molecular weight excluding hydrogens is 188 g/mol. The van der Waals surface area contributed by atoms with E-state index in [0.717, 1.165) is 0 Å². The molecule has 0 bridgehead atoms. The molecule has 0 aromatic carbocycles. The van der Waals surface area contributed by atoms with Crippen LogP contribution in [0.1, 0.15) is 5.56 Å². The number of hydrogen-bond donors (Lipinski definition) is 4. The molecule has 7 heteroatoms. The molecule has 7 nitrogen and oxygen atoms in total. The van der Waals surface area contributed by atoms with Crippen molar-refractivity contribution in [1.82, 2.24) is 4.98 Å². The molecule has 74 valence electrons. The van der Waals surface area contributed by atoms with E-state index in [1.165, 1.54) is 18.3 Å². The van der Waals surface area contributed by atoms with Crippen LogP contribution in [0.25, 0.3) is 0 Å². The highest BCUT2D eigenvalue weighted by molar-refractivity contribution is 5.98. The van der Waals surface area contributed by atoms with Crippen LogP contribution in [0.5, 0.6) is 0 Å². The van der Waals surface area contributed by atoms with Crippen LogP contribution < -0.4 is 11.1 Å². The van der Waals surface area contributed by atoms with Crippen LogP contribution in [0, 0.1) is 0 Å². The van der Waals surface area contributed by atoms with Gasteiger partial charge in [-0.15, -0.1) is 0 Å². The summed E-state index contributed by atoms with van der Waals surface area (Å²) in [4.78, 5) is 14.0. The zero-order valence-electron chi connectivity index (χ0n) is 7.01.